The molecule has 0 fully saturated rings. The van der Waals surface area contributed by atoms with Gasteiger partial charge in [-0.25, -0.2) is 4.79 Å². The predicted molar refractivity (Wildman–Crippen MR) is 125 cm³/mol. The normalized spacial score (nSPS) is 10.4. The molecule has 2 aromatic carbocycles. The van der Waals surface area contributed by atoms with Crippen LogP contribution in [0.1, 0.15) is 43.1 Å². The zero-order valence-corrected chi connectivity index (χ0v) is 18.7. The van der Waals surface area contributed by atoms with E-state index < -0.39 is 5.97 Å². The van der Waals surface area contributed by atoms with E-state index in [2.05, 4.69) is 10.6 Å². The van der Waals surface area contributed by atoms with Crippen molar-refractivity contribution in [2.75, 3.05) is 13.2 Å². The second-order valence-electron chi connectivity index (χ2n) is 7.33. The van der Waals surface area contributed by atoms with Crippen molar-refractivity contribution < 1.29 is 19.1 Å². The highest BCUT2D eigenvalue weighted by atomic mass is 32.1. The maximum absolute atomic E-state index is 12.2. The van der Waals surface area contributed by atoms with E-state index in [9.17, 15) is 14.4 Å². The van der Waals surface area contributed by atoms with Crippen LogP contribution in [-0.4, -0.2) is 30.9 Å². The molecule has 0 saturated carbocycles. The number of ether oxygens (including phenoxy) is 1. The van der Waals surface area contributed by atoms with Crippen LogP contribution in [-0.2, 0) is 22.5 Å². The number of aryl methyl sites for hydroxylation is 2. The number of rotatable bonds is 10. The van der Waals surface area contributed by atoms with E-state index in [1.165, 1.54) is 16.9 Å². The fourth-order valence-corrected chi connectivity index (χ4v) is 3.59. The van der Waals surface area contributed by atoms with Crippen LogP contribution in [0, 0.1) is 6.92 Å². The third kappa shape index (κ3) is 7.35. The molecule has 3 aromatic rings. The van der Waals surface area contributed by atoms with Gasteiger partial charge in [0.05, 0.1) is 17.0 Å². The predicted octanol–water partition coefficient (Wildman–Crippen LogP) is 3.89. The summed E-state index contributed by atoms with van der Waals surface area (Å²) in [7, 11) is 0. The number of nitrogens with one attached hydrogen (secondary N) is 2. The van der Waals surface area contributed by atoms with Gasteiger partial charge in [-0.05, 0) is 48.1 Å². The Labute approximate surface area is 191 Å². The summed E-state index contributed by atoms with van der Waals surface area (Å²) in [6.45, 7) is 2.78. The highest BCUT2D eigenvalue weighted by molar-refractivity contribution is 7.12. The number of hydrogen-bond acceptors (Lipinski definition) is 5. The van der Waals surface area contributed by atoms with Crippen LogP contribution in [0.25, 0.3) is 0 Å². The number of amides is 2. The zero-order chi connectivity index (χ0) is 22.8. The van der Waals surface area contributed by atoms with Crippen LogP contribution >= 0.6 is 11.3 Å². The first kappa shape index (κ1) is 23.2. The number of hydrogen-bond donors (Lipinski definition) is 2. The molecule has 7 heteroatoms. The monoisotopic (exact) mass is 450 g/mol. The summed E-state index contributed by atoms with van der Waals surface area (Å²) in [4.78, 5) is 36.7. The largest absolute Gasteiger partial charge is 0.460 e. The van der Waals surface area contributed by atoms with E-state index in [1.54, 1.807) is 30.3 Å². The molecule has 0 spiro atoms. The standard InChI is InChI=1S/C25H26N2O4S/c1-18-4-6-19(7-5-18)10-13-23(28)26-14-15-31-25(30)21-11-8-20(9-12-21)17-27-24(29)22-3-2-16-32-22/h2-9,11-12,16H,10,13-15,17H2,1H3,(H,26,28)(H,27,29). The van der Waals surface area contributed by atoms with E-state index in [4.69, 9.17) is 4.74 Å². The lowest BCUT2D eigenvalue weighted by atomic mass is 10.1. The third-order valence-corrected chi connectivity index (χ3v) is 5.68. The molecule has 0 aliphatic heterocycles. The van der Waals surface area contributed by atoms with E-state index in [1.807, 2.05) is 42.6 Å². The lowest BCUT2D eigenvalue weighted by Crippen LogP contribution is -2.28. The van der Waals surface area contributed by atoms with Crippen LogP contribution in [0.5, 0.6) is 0 Å². The van der Waals surface area contributed by atoms with Crippen LogP contribution in [0.4, 0.5) is 0 Å². The number of esters is 1. The van der Waals surface area contributed by atoms with Crippen LogP contribution in [0.2, 0.25) is 0 Å². The molecule has 0 bridgehead atoms. The first-order valence-electron chi connectivity index (χ1n) is 10.4. The maximum Gasteiger partial charge on any atom is 0.338 e. The molecule has 166 valence electrons. The highest BCUT2D eigenvalue weighted by Crippen LogP contribution is 2.10. The van der Waals surface area contributed by atoms with Crippen molar-refractivity contribution in [1.29, 1.82) is 0 Å². The average Bonchev–Trinajstić information content (AvgIpc) is 3.35. The third-order valence-electron chi connectivity index (χ3n) is 4.81. The maximum atomic E-state index is 12.2. The van der Waals surface area contributed by atoms with Crippen molar-refractivity contribution in [1.82, 2.24) is 10.6 Å². The smallest absolute Gasteiger partial charge is 0.338 e. The van der Waals surface area contributed by atoms with Crippen LogP contribution < -0.4 is 10.6 Å². The fourth-order valence-electron chi connectivity index (χ4n) is 2.95. The summed E-state index contributed by atoms with van der Waals surface area (Å²) < 4.78 is 5.22. The first-order valence-corrected chi connectivity index (χ1v) is 11.3. The van der Waals surface area contributed by atoms with E-state index >= 15 is 0 Å². The Morgan fingerprint density at radius 3 is 2.31 bits per heavy atom. The minimum Gasteiger partial charge on any atom is -0.460 e. The Hall–Kier alpha value is -3.45. The lowest BCUT2D eigenvalue weighted by Gasteiger charge is -2.08. The number of carbonyl (C=O) groups is 3. The van der Waals surface area contributed by atoms with Gasteiger partial charge < -0.3 is 15.4 Å². The second kappa shape index (κ2) is 11.8. The van der Waals surface area contributed by atoms with Crippen molar-refractivity contribution >= 4 is 29.1 Å². The molecular weight excluding hydrogens is 424 g/mol. The number of carbonyl (C=O) groups excluding carboxylic acids is 3. The Kier molecular flexibility index (Phi) is 8.57. The minimum atomic E-state index is -0.451. The Morgan fingerprint density at radius 2 is 1.62 bits per heavy atom. The molecule has 2 amide bonds. The molecule has 2 N–H and O–H groups in total. The molecule has 6 nitrogen and oxygen atoms in total. The molecule has 32 heavy (non-hydrogen) atoms. The summed E-state index contributed by atoms with van der Waals surface area (Å²) in [5.41, 5.74) is 3.61. The van der Waals surface area contributed by atoms with Gasteiger partial charge in [0, 0.05) is 13.0 Å². The van der Waals surface area contributed by atoms with Gasteiger partial charge in [0.2, 0.25) is 5.91 Å². The van der Waals surface area contributed by atoms with Crippen molar-refractivity contribution in [3.05, 3.63) is 93.2 Å². The quantitative estimate of drug-likeness (QED) is 0.363. The molecule has 0 saturated heterocycles. The van der Waals surface area contributed by atoms with Crippen molar-refractivity contribution in [2.45, 2.75) is 26.3 Å². The molecule has 0 unspecified atom stereocenters. The molecule has 3 rings (SSSR count). The Balaban J connectivity index is 1.32. The number of thiophene rings is 1. The fraction of sp³-hybridized carbons (Fsp3) is 0.240. The molecule has 0 aliphatic rings. The SMILES string of the molecule is Cc1ccc(CCC(=O)NCCOC(=O)c2ccc(CNC(=O)c3cccs3)cc2)cc1. The van der Waals surface area contributed by atoms with Gasteiger partial charge in [0.1, 0.15) is 6.61 Å². The molecule has 0 atom stereocenters. The molecule has 1 aromatic heterocycles. The summed E-state index contributed by atoms with van der Waals surface area (Å²) in [5.74, 6) is -0.645. The molecule has 1 heterocycles. The van der Waals surface area contributed by atoms with Crippen LogP contribution in [0.3, 0.4) is 0 Å². The summed E-state index contributed by atoms with van der Waals surface area (Å²) in [6.07, 6.45) is 1.06. The van der Waals surface area contributed by atoms with E-state index in [0.717, 1.165) is 11.1 Å². The van der Waals surface area contributed by atoms with Gasteiger partial charge in [-0.3, -0.25) is 9.59 Å². The van der Waals surface area contributed by atoms with Gasteiger partial charge in [0.25, 0.3) is 5.91 Å². The van der Waals surface area contributed by atoms with Gasteiger partial charge in [-0.1, -0.05) is 48.0 Å². The topological polar surface area (TPSA) is 84.5 Å². The molecular formula is C25H26N2O4S. The van der Waals surface area contributed by atoms with E-state index in [-0.39, 0.29) is 25.0 Å². The zero-order valence-electron chi connectivity index (χ0n) is 17.9. The van der Waals surface area contributed by atoms with Crippen molar-refractivity contribution in [2.24, 2.45) is 0 Å². The average molecular weight is 451 g/mol. The van der Waals surface area contributed by atoms with Crippen LogP contribution in [0.15, 0.2) is 66.0 Å². The molecule has 0 aliphatic carbocycles. The van der Waals surface area contributed by atoms with Gasteiger partial charge in [-0.15, -0.1) is 11.3 Å². The van der Waals surface area contributed by atoms with Gasteiger partial charge in [0.15, 0.2) is 0 Å². The Morgan fingerprint density at radius 1 is 0.906 bits per heavy atom. The summed E-state index contributed by atoms with van der Waals surface area (Å²) in [5, 5.41) is 7.46. The van der Waals surface area contributed by atoms with E-state index in [0.29, 0.717) is 29.8 Å². The second-order valence-corrected chi connectivity index (χ2v) is 8.28. The number of benzene rings is 2. The Bertz CT molecular complexity index is 1030. The van der Waals surface area contributed by atoms with Gasteiger partial charge in [-0.2, -0.15) is 0 Å². The lowest BCUT2D eigenvalue weighted by molar-refractivity contribution is -0.121. The summed E-state index contributed by atoms with van der Waals surface area (Å²) in [6, 6.07) is 18.6. The highest BCUT2D eigenvalue weighted by Gasteiger charge is 2.09. The van der Waals surface area contributed by atoms with Gasteiger partial charge >= 0.3 is 5.97 Å². The van der Waals surface area contributed by atoms with Crippen molar-refractivity contribution in [3.8, 4) is 0 Å². The molecule has 0 radical (unpaired) electrons. The van der Waals surface area contributed by atoms with Crippen molar-refractivity contribution in [3.63, 3.8) is 0 Å². The minimum absolute atomic E-state index is 0.0735. The summed E-state index contributed by atoms with van der Waals surface area (Å²) >= 11 is 1.39. The first-order chi connectivity index (χ1) is 15.5.